The summed E-state index contributed by atoms with van der Waals surface area (Å²) in [5.41, 5.74) is -2.46. The van der Waals surface area contributed by atoms with Crippen molar-refractivity contribution in [3.05, 3.63) is 66.2 Å². The number of benzene rings is 2. The number of likely N-dealkylation sites (tertiary alicyclic amines) is 1. The molecule has 8 heteroatoms. The van der Waals surface area contributed by atoms with Crippen molar-refractivity contribution in [3.63, 3.8) is 0 Å². The Balaban J connectivity index is 1.64. The number of amides is 3. The number of imide groups is 1. The number of carbonyl (C=O) groups is 4. The number of ether oxygens (including phenoxy) is 2. The molecule has 3 amide bonds. The molecular formula is C23H20N2O6. The van der Waals surface area contributed by atoms with E-state index in [-0.39, 0.29) is 6.54 Å². The third-order valence-corrected chi connectivity index (χ3v) is 6.47. The number of nitrogens with zero attached hydrogens (tertiary/aromatic N) is 2. The fourth-order valence-electron chi connectivity index (χ4n) is 5.11. The third-order valence-electron chi connectivity index (χ3n) is 6.47. The van der Waals surface area contributed by atoms with E-state index in [1.807, 2.05) is 30.3 Å². The van der Waals surface area contributed by atoms with Gasteiger partial charge in [0.05, 0.1) is 12.8 Å². The lowest BCUT2D eigenvalue weighted by Crippen LogP contribution is -2.61. The molecule has 0 aromatic heterocycles. The van der Waals surface area contributed by atoms with Crippen LogP contribution in [0.5, 0.6) is 0 Å². The van der Waals surface area contributed by atoms with E-state index >= 15 is 0 Å². The summed E-state index contributed by atoms with van der Waals surface area (Å²) in [4.78, 5) is 55.8. The van der Waals surface area contributed by atoms with E-state index < -0.39 is 46.9 Å². The van der Waals surface area contributed by atoms with Crippen molar-refractivity contribution < 1.29 is 28.7 Å². The van der Waals surface area contributed by atoms with E-state index in [4.69, 9.17) is 9.47 Å². The highest BCUT2D eigenvalue weighted by Gasteiger charge is 2.84. The molecule has 8 nitrogen and oxygen atoms in total. The van der Waals surface area contributed by atoms with Gasteiger partial charge in [-0.3, -0.25) is 14.4 Å². The number of fused-ring (bicyclic) bond motifs is 5. The van der Waals surface area contributed by atoms with Crippen LogP contribution in [-0.4, -0.2) is 47.0 Å². The van der Waals surface area contributed by atoms with Gasteiger partial charge in [0.1, 0.15) is 11.8 Å². The van der Waals surface area contributed by atoms with Crippen molar-refractivity contribution in [2.75, 3.05) is 12.0 Å². The molecule has 0 N–H and O–H groups in total. The predicted octanol–water partition coefficient (Wildman–Crippen LogP) is 1.49. The lowest BCUT2D eigenvalue weighted by molar-refractivity contribution is -0.174. The first kappa shape index (κ1) is 19.4. The number of anilines is 1. The molecule has 2 bridgehead atoms. The van der Waals surface area contributed by atoms with Gasteiger partial charge in [-0.05, 0) is 24.6 Å². The highest BCUT2D eigenvalue weighted by molar-refractivity contribution is 6.28. The van der Waals surface area contributed by atoms with Gasteiger partial charge < -0.3 is 14.4 Å². The number of piperidine rings is 1. The van der Waals surface area contributed by atoms with E-state index in [1.165, 1.54) is 4.90 Å². The normalized spacial score (nSPS) is 31.4. The Morgan fingerprint density at radius 3 is 2.16 bits per heavy atom. The Labute approximate surface area is 178 Å². The maximum Gasteiger partial charge on any atom is 0.349 e. The fourth-order valence-corrected chi connectivity index (χ4v) is 5.11. The fraction of sp³-hybridized carbons (Fsp3) is 0.304. The Kier molecular flexibility index (Phi) is 4.07. The number of para-hydroxylation sites is 1. The topological polar surface area (TPSA) is 93.2 Å². The Hall–Kier alpha value is -3.52. The number of hydrogen-bond donors (Lipinski definition) is 0. The van der Waals surface area contributed by atoms with Gasteiger partial charge in [0.25, 0.3) is 11.5 Å². The average molecular weight is 420 g/mol. The Morgan fingerprint density at radius 1 is 0.968 bits per heavy atom. The third kappa shape index (κ3) is 2.33. The van der Waals surface area contributed by atoms with Crippen LogP contribution in [0.2, 0.25) is 0 Å². The minimum Gasteiger partial charge on any atom is -0.466 e. The summed E-state index contributed by atoms with van der Waals surface area (Å²) in [7, 11) is 1.13. The second-order valence-corrected chi connectivity index (χ2v) is 8.06. The smallest absolute Gasteiger partial charge is 0.349 e. The molecule has 31 heavy (non-hydrogen) atoms. The van der Waals surface area contributed by atoms with E-state index in [0.717, 1.165) is 17.6 Å². The second-order valence-electron chi connectivity index (χ2n) is 8.06. The van der Waals surface area contributed by atoms with E-state index in [2.05, 4.69) is 0 Å². The molecular weight excluding hydrogens is 400 g/mol. The Morgan fingerprint density at radius 2 is 1.55 bits per heavy atom. The van der Waals surface area contributed by atoms with Crippen molar-refractivity contribution in [3.8, 4) is 0 Å². The SMILES string of the molecule is COC(=O)[C@@]12O[C@@](C)([C@H]3C(=O)N(c4ccccc4)C(=O)[C@H]31)N(Cc1ccccc1)C2=O. The van der Waals surface area contributed by atoms with Crippen LogP contribution < -0.4 is 4.90 Å². The van der Waals surface area contributed by atoms with Gasteiger partial charge in [-0.1, -0.05) is 48.5 Å². The van der Waals surface area contributed by atoms with Crippen LogP contribution >= 0.6 is 0 Å². The first-order valence-corrected chi connectivity index (χ1v) is 9.93. The molecule has 0 aliphatic carbocycles. The van der Waals surface area contributed by atoms with Crippen LogP contribution in [-0.2, 0) is 35.2 Å². The lowest BCUT2D eigenvalue weighted by atomic mass is 9.74. The first-order valence-electron chi connectivity index (χ1n) is 9.93. The predicted molar refractivity (Wildman–Crippen MR) is 107 cm³/mol. The number of hydrogen-bond acceptors (Lipinski definition) is 6. The van der Waals surface area contributed by atoms with Crippen molar-refractivity contribution in [1.82, 2.24) is 4.90 Å². The molecule has 0 saturated carbocycles. The summed E-state index contributed by atoms with van der Waals surface area (Å²) in [6.07, 6.45) is 0. The number of carbonyl (C=O) groups excluding carboxylic acids is 4. The van der Waals surface area contributed by atoms with Crippen LogP contribution in [0.15, 0.2) is 60.7 Å². The molecule has 3 aliphatic rings. The van der Waals surface area contributed by atoms with E-state index in [1.54, 1.807) is 37.3 Å². The van der Waals surface area contributed by atoms with Crippen LogP contribution in [0, 0.1) is 11.8 Å². The maximum absolute atomic E-state index is 13.6. The summed E-state index contributed by atoms with van der Waals surface area (Å²) < 4.78 is 10.9. The Bertz CT molecular complexity index is 1100. The molecule has 3 heterocycles. The van der Waals surface area contributed by atoms with Crippen molar-refractivity contribution in [2.24, 2.45) is 11.8 Å². The van der Waals surface area contributed by atoms with E-state index in [0.29, 0.717) is 5.69 Å². The molecule has 0 spiro atoms. The number of methoxy groups -OCH3 is 1. The largest absolute Gasteiger partial charge is 0.466 e. The zero-order valence-corrected chi connectivity index (χ0v) is 17.0. The van der Waals surface area contributed by atoms with Crippen LogP contribution in [0.25, 0.3) is 0 Å². The quantitative estimate of drug-likeness (QED) is 0.423. The molecule has 0 unspecified atom stereocenters. The van der Waals surface area contributed by atoms with Crippen LogP contribution in [0.3, 0.4) is 0 Å². The first-order chi connectivity index (χ1) is 14.9. The minimum absolute atomic E-state index is 0.130. The molecule has 3 fully saturated rings. The molecule has 158 valence electrons. The van der Waals surface area contributed by atoms with Gasteiger partial charge in [-0.15, -0.1) is 0 Å². The lowest BCUT2D eigenvalue weighted by Gasteiger charge is -2.38. The van der Waals surface area contributed by atoms with Crippen molar-refractivity contribution in [1.29, 1.82) is 0 Å². The highest BCUT2D eigenvalue weighted by atomic mass is 16.6. The van der Waals surface area contributed by atoms with Crippen LogP contribution in [0.4, 0.5) is 5.69 Å². The van der Waals surface area contributed by atoms with Gasteiger partial charge >= 0.3 is 5.97 Å². The molecule has 0 radical (unpaired) electrons. The molecule has 4 atom stereocenters. The minimum atomic E-state index is -2.18. The summed E-state index contributed by atoms with van der Waals surface area (Å²) in [6, 6.07) is 17.6. The van der Waals surface area contributed by atoms with Gasteiger partial charge in [-0.25, -0.2) is 9.69 Å². The van der Waals surface area contributed by atoms with Crippen molar-refractivity contribution in [2.45, 2.75) is 24.8 Å². The monoisotopic (exact) mass is 420 g/mol. The standard InChI is InChI=1S/C23H20N2O6/c1-22-16-17(19(27)25(18(16)26)15-11-7-4-8-12-15)23(31-22,21(29)30-2)20(28)24(22)13-14-9-5-3-6-10-14/h3-12,16-17H,13H2,1-2H3/t16-,17+,22+,23-/m1/s1. The van der Waals surface area contributed by atoms with Gasteiger partial charge in [0.2, 0.25) is 11.8 Å². The van der Waals surface area contributed by atoms with Gasteiger partial charge in [0.15, 0.2) is 5.72 Å². The number of esters is 1. The summed E-state index contributed by atoms with van der Waals surface area (Å²) >= 11 is 0. The van der Waals surface area contributed by atoms with Crippen molar-refractivity contribution >= 4 is 29.4 Å². The van der Waals surface area contributed by atoms with Crippen LogP contribution in [0.1, 0.15) is 12.5 Å². The van der Waals surface area contributed by atoms with Gasteiger partial charge in [-0.2, -0.15) is 0 Å². The highest BCUT2D eigenvalue weighted by Crippen LogP contribution is 2.60. The maximum atomic E-state index is 13.6. The summed E-state index contributed by atoms with van der Waals surface area (Å²) in [6.45, 7) is 1.72. The number of rotatable bonds is 4. The van der Waals surface area contributed by atoms with E-state index in [9.17, 15) is 19.2 Å². The summed E-state index contributed by atoms with van der Waals surface area (Å²) in [5, 5.41) is 0. The second kappa shape index (κ2) is 6.49. The zero-order valence-electron chi connectivity index (χ0n) is 17.0. The molecule has 2 aromatic rings. The molecule has 2 aromatic carbocycles. The molecule has 3 saturated heterocycles. The average Bonchev–Trinajstić information content (AvgIpc) is 3.31. The molecule has 5 rings (SSSR count). The van der Waals surface area contributed by atoms with Gasteiger partial charge in [0, 0.05) is 6.54 Å². The molecule has 3 aliphatic heterocycles. The summed E-state index contributed by atoms with van der Waals surface area (Å²) in [5.74, 6) is -5.08. The zero-order chi connectivity index (χ0) is 22.0.